The number of aliphatic hydroxyl groups is 1. The second kappa shape index (κ2) is 15.4. The zero-order chi connectivity index (χ0) is 15.1. The summed E-state index contributed by atoms with van der Waals surface area (Å²) >= 11 is 0. The Balaban J connectivity index is 3.18. The van der Waals surface area contributed by atoms with Gasteiger partial charge in [0.2, 0.25) is 0 Å². The molecule has 0 aromatic rings. The van der Waals surface area contributed by atoms with Crippen LogP contribution in [0, 0.1) is 11.8 Å². The molecule has 0 rings (SSSR count). The van der Waals surface area contributed by atoms with Crippen LogP contribution in [-0.2, 0) is 0 Å². The summed E-state index contributed by atoms with van der Waals surface area (Å²) in [6.45, 7) is 7.21. The lowest BCUT2D eigenvalue weighted by atomic mass is 9.95. The third kappa shape index (κ3) is 14.4. The molecule has 0 saturated heterocycles. The smallest absolute Gasteiger partial charge is 0.0456 e. The van der Waals surface area contributed by atoms with Gasteiger partial charge in [-0.05, 0) is 18.3 Å². The van der Waals surface area contributed by atoms with Gasteiger partial charge in [0, 0.05) is 6.61 Å². The molecule has 0 aromatic heterocycles. The van der Waals surface area contributed by atoms with Crippen molar-refractivity contribution in [2.45, 2.75) is 104 Å². The van der Waals surface area contributed by atoms with Gasteiger partial charge in [-0.25, -0.2) is 0 Å². The van der Waals surface area contributed by atoms with Gasteiger partial charge in [0.15, 0.2) is 0 Å². The average molecular weight is 285 g/mol. The van der Waals surface area contributed by atoms with Crippen LogP contribution in [0.25, 0.3) is 0 Å². The molecule has 1 nitrogen and oxygen atoms in total. The van der Waals surface area contributed by atoms with Crippen molar-refractivity contribution in [1.82, 2.24) is 0 Å². The largest absolute Gasteiger partial charge is 0.396 e. The molecule has 0 spiro atoms. The fourth-order valence-electron chi connectivity index (χ4n) is 2.85. The van der Waals surface area contributed by atoms with E-state index in [0.29, 0.717) is 12.5 Å². The third-order valence-electron chi connectivity index (χ3n) is 4.51. The molecule has 0 bridgehead atoms. The summed E-state index contributed by atoms with van der Waals surface area (Å²) in [5, 5.41) is 8.97. The van der Waals surface area contributed by atoms with Gasteiger partial charge in [0.05, 0.1) is 0 Å². The molecular weight excluding hydrogens is 244 g/mol. The van der Waals surface area contributed by atoms with E-state index in [0.717, 1.165) is 5.92 Å². The maximum absolute atomic E-state index is 8.97. The Kier molecular flexibility index (Phi) is 15.3. The molecular formula is C19H40O. The first-order chi connectivity index (χ1) is 9.70. The highest BCUT2D eigenvalue weighted by Gasteiger charge is 2.03. The Morgan fingerprint density at radius 1 is 0.600 bits per heavy atom. The Morgan fingerprint density at radius 2 is 1.00 bits per heavy atom. The lowest BCUT2D eigenvalue weighted by molar-refractivity contribution is 0.227. The van der Waals surface area contributed by atoms with E-state index in [1.807, 2.05) is 0 Å². The summed E-state index contributed by atoms with van der Waals surface area (Å²) in [5.74, 6) is 1.42. The van der Waals surface area contributed by atoms with E-state index in [9.17, 15) is 0 Å². The summed E-state index contributed by atoms with van der Waals surface area (Å²) in [4.78, 5) is 0. The van der Waals surface area contributed by atoms with Crippen LogP contribution >= 0.6 is 0 Å². The zero-order valence-corrected chi connectivity index (χ0v) is 14.5. The highest BCUT2D eigenvalue weighted by molar-refractivity contribution is 4.57. The van der Waals surface area contributed by atoms with E-state index in [-0.39, 0.29) is 0 Å². The Labute approximate surface area is 128 Å². The molecule has 0 aromatic carbocycles. The van der Waals surface area contributed by atoms with E-state index in [2.05, 4.69) is 20.8 Å². The van der Waals surface area contributed by atoms with Crippen molar-refractivity contribution in [1.29, 1.82) is 0 Å². The minimum absolute atomic E-state index is 0.356. The monoisotopic (exact) mass is 284 g/mol. The summed E-state index contributed by atoms with van der Waals surface area (Å²) < 4.78 is 0. The van der Waals surface area contributed by atoms with Gasteiger partial charge in [0.25, 0.3) is 0 Å². The maximum atomic E-state index is 8.97. The average Bonchev–Trinajstić information content (AvgIpc) is 2.45. The van der Waals surface area contributed by atoms with Gasteiger partial charge in [-0.15, -0.1) is 0 Å². The van der Waals surface area contributed by atoms with E-state index in [1.54, 1.807) is 0 Å². The Morgan fingerprint density at radius 3 is 1.50 bits per heavy atom. The molecule has 0 amide bonds. The molecule has 0 aliphatic heterocycles. The van der Waals surface area contributed by atoms with Crippen LogP contribution in [0.3, 0.4) is 0 Å². The molecule has 1 N–H and O–H groups in total. The topological polar surface area (TPSA) is 20.2 Å². The van der Waals surface area contributed by atoms with Crippen molar-refractivity contribution in [3.8, 4) is 0 Å². The Bertz CT molecular complexity index is 179. The van der Waals surface area contributed by atoms with Gasteiger partial charge in [-0.3, -0.25) is 0 Å². The van der Waals surface area contributed by atoms with Crippen molar-refractivity contribution >= 4 is 0 Å². The van der Waals surface area contributed by atoms with Crippen molar-refractivity contribution in [3.05, 3.63) is 0 Å². The molecule has 1 heteroatoms. The normalized spacial score (nSPS) is 14.4. The zero-order valence-electron chi connectivity index (χ0n) is 14.5. The lowest BCUT2D eigenvalue weighted by Gasteiger charge is -2.12. The SMILES string of the molecule is CCCCCCCCCC(C)CCCCCC(C)CO. The second-order valence-electron chi connectivity index (χ2n) is 6.94. The molecule has 0 heterocycles. The molecule has 2 unspecified atom stereocenters. The standard InChI is InChI=1S/C19H40O/c1-4-5-6-7-8-9-11-14-18(2)15-12-10-13-16-19(3)17-20/h18-20H,4-17H2,1-3H3. The molecule has 122 valence electrons. The van der Waals surface area contributed by atoms with E-state index in [1.165, 1.54) is 83.5 Å². The van der Waals surface area contributed by atoms with Gasteiger partial charge in [-0.1, -0.05) is 97.8 Å². The van der Waals surface area contributed by atoms with Crippen LogP contribution in [0.5, 0.6) is 0 Å². The van der Waals surface area contributed by atoms with Crippen LogP contribution in [-0.4, -0.2) is 11.7 Å². The van der Waals surface area contributed by atoms with E-state index < -0.39 is 0 Å². The minimum Gasteiger partial charge on any atom is -0.396 e. The van der Waals surface area contributed by atoms with Crippen molar-refractivity contribution in [2.24, 2.45) is 11.8 Å². The number of hydrogen-bond acceptors (Lipinski definition) is 1. The first-order valence-electron chi connectivity index (χ1n) is 9.31. The van der Waals surface area contributed by atoms with Crippen molar-refractivity contribution < 1.29 is 5.11 Å². The molecule has 0 radical (unpaired) electrons. The van der Waals surface area contributed by atoms with Gasteiger partial charge >= 0.3 is 0 Å². The first kappa shape index (κ1) is 20.0. The summed E-state index contributed by atoms with van der Waals surface area (Å²) in [5.41, 5.74) is 0. The highest BCUT2D eigenvalue weighted by atomic mass is 16.3. The molecule has 0 aliphatic rings. The first-order valence-corrected chi connectivity index (χ1v) is 9.31. The van der Waals surface area contributed by atoms with Crippen LogP contribution < -0.4 is 0 Å². The third-order valence-corrected chi connectivity index (χ3v) is 4.51. The molecule has 0 saturated carbocycles. The molecule has 2 atom stereocenters. The summed E-state index contributed by atoms with van der Waals surface area (Å²) in [6.07, 6.45) is 18.1. The predicted molar refractivity (Wildman–Crippen MR) is 91.1 cm³/mol. The number of aliphatic hydroxyl groups excluding tert-OH is 1. The van der Waals surface area contributed by atoms with Crippen LogP contribution in [0.4, 0.5) is 0 Å². The maximum Gasteiger partial charge on any atom is 0.0456 e. The number of hydrogen-bond donors (Lipinski definition) is 1. The molecule has 0 fully saturated rings. The summed E-state index contributed by atoms with van der Waals surface area (Å²) in [7, 11) is 0. The van der Waals surface area contributed by atoms with Crippen molar-refractivity contribution in [3.63, 3.8) is 0 Å². The lowest BCUT2D eigenvalue weighted by Crippen LogP contribution is -2.00. The van der Waals surface area contributed by atoms with Crippen LogP contribution in [0.1, 0.15) is 104 Å². The number of rotatable bonds is 15. The van der Waals surface area contributed by atoms with Gasteiger partial charge in [-0.2, -0.15) is 0 Å². The fraction of sp³-hybridized carbons (Fsp3) is 1.00. The van der Waals surface area contributed by atoms with Crippen LogP contribution in [0.15, 0.2) is 0 Å². The molecule has 0 aliphatic carbocycles. The predicted octanol–water partition coefficient (Wildman–Crippen LogP) is 6.34. The van der Waals surface area contributed by atoms with Crippen molar-refractivity contribution in [2.75, 3.05) is 6.61 Å². The minimum atomic E-state index is 0.356. The van der Waals surface area contributed by atoms with Gasteiger partial charge in [0.1, 0.15) is 0 Å². The fourth-order valence-corrected chi connectivity index (χ4v) is 2.85. The number of unbranched alkanes of at least 4 members (excludes halogenated alkanes) is 8. The quantitative estimate of drug-likeness (QED) is 0.348. The Hall–Kier alpha value is -0.0400. The second-order valence-corrected chi connectivity index (χ2v) is 6.94. The van der Waals surface area contributed by atoms with E-state index >= 15 is 0 Å². The van der Waals surface area contributed by atoms with Crippen LogP contribution in [0.2, 0.25) is 0 Å². The highest BCUT2D eigenvalue weighted by Crippen LogP contribution is 2.18. The van der Waals surface area contributed by atoms with E-state index in [4.69, 9.17) is 5.11 Å². The van der Waals surface area contributed by atoms with Gasteiger partial charge < -0.3 is 5.11 Å². The molecule has 20 heavy (non-hydrogen) atoms. The summed E-state index contributed by atoms with van der Waals surface area (Å²) in [6, 6.07) is 0.